The number of hydrogen-bond donors (Lipinski definition) is 1. The van der Waals surface area contributed by atoms with E-state index in [2.05, 4.69) is 92.8 Å². The van der Waals surface area contributed by atoms with E-state index in [0.29, 0.717) is 6.04 Å². The van der Waals surface area contributed by atoms with Crippen LogP contribution in [0, 0.1) is 6.92 Å². The quantitative estimate of drug-likeness (QED) is 0.539. The molecule has 1 aromatic heterocycles. The number of ether oxygens (including phenoxy) is 1. The maximum atomic E-state index is 6.07. The third-order valence-electron chi connectivity index (χ3n) is 6.63. The Balaban J connectivity index is 1.38. The number of rotatable bonds is 6. The minimum Gasteiger partial charge on any atom is -0.494 e. The van der Waals surface area contributed by atoms with Gasteiger partial charge in [-0.1, -0.05) is 26.8 Å². The van der Waals surface area contributed by atoms with Crippen molar-refractivity contribution in [1.82, 2.24) is 19.8 Å². The Bertz CT molecular complexity index is 1070. The molecule has 1 aliphatic rings. The number of nitrogens with zero attached hydrogens (tertiary/aromatic N) is 3. The van der Waals surface area contributed by atoms with Gasteiger partial charge in [-0.3, -0.25) is 4.90 Å². The van der Waals surface area contributed by atoms with Crippen LogP contribution in [0.1, 0.15) is 45.2 Å². The van der Waals surface area contributed by atoms with Crippen LogP contribution >= 0.6 is 0 Å². The minimum atomic E-state index is 0.122. The van der Waals surface area contributed by atoms with E-state index in [9.17, 15) is 0 Å². The third kappa shape index (κ3) is 5.16. The van der Waals surface area contributed by atoms with Gasteiger partial charge in [0.25, 0.3) is 0 Å². The molecule has 0 spiro atoms. The first-order valence-corrected chi connectivity index (χ1v) is 11.9. The molecule has 1 saturated heterocycles. The van der Waals surface area contributed by atoms with E-state index >= 15 is 0 Å². The highest BCUT2D eigenvalue weighted by molar-refractivity contribution is 5.81. The van der Waals surface area contributed by atoms with Crippen LogP contribution in [0.5, 0.6) is 5.75 Å². The summed E-state index contributed by atoms with van der Waals surface area (Å²) in [6.45, 7) is 16.5. The van der Waals surface area contributed by atoms with Gasteiger partial charge in [0.05, 0.1) is 17.6 Å². The second-order valence-corrected chi connectivity index (χ2v) is 10.4. The van der Waals surface area contributed by atoms with Crippen LogP contribution in [-0.2, 0) is 5.41 Å². The van der Waals surface area contributed by atoms with Crippen molar-refractivity contribution in [3.63, 3.8) is 0 Å². The van der Waals surface area contributed by atoms with Crippen LogP contribution in [0.25, 0.3) is 22.4 Å². The van der Waals surface area contributed by atoms with Crippen molar-refractivity contribution in [2.45, 2.75) is 52.5 Å². The number of fused-ring (bicyclic) bond motifs is 1. The number of aromatic amines is 1. The summed E-state index contributed by atoms with van der Waals surface area (Å²) in [5.41, 5.74) is 5.82. The number of nitrogens with one attached hydrogen (secondary N) is 1. The Hall–Kier alpha value is -2.37. The third-order valence-corrected chi connectivity index (χ3v) is 6.63. The molecule has 1 N–H and O–H groups in total. The van der Waals surface area contributed by atoms with Gasteiger partial charge in [-0.05, 0) is 74.2 Å². The number of aromatic nitrogens is 2. The molecular formula is C27H38N4O. The molecule has 0 bridgehead atoms. The zero-order chi connectivity index (χ0) is 22.9. The molecule has 3 aromatic rings. The Kier molecular flexibility index (Phi) is 6.59. The SMILES string of the molecule is Cc1cc(OCCCN2CCN(C)CC2C)ccc1-c1nc2ccc(C(C)(C)C)cc2[nH]1. The molecular weight excluding hydrogens is 396 g/mol. The van der Waals surface area contributed by atoms with Crippen molar-refractivity contribution >= 4 is 11.0 Å². The molecule has 5 nitrogen and oxygen atoms in total. The fraction of sp³-hybridized carbons (Fsp3) is 0.519. The van der Waals surface area contributed by atoms with Gasteiger partial charge in [-0.2, -0.15) is 0 Å². The number of hydrogen-bond acceptors (Lipinski definition) is 4. The molecule has 1 fully saturated rings. The lowest BCUT2D eigenvalue weighted by Crippen LogP contribution is -2.50. The van der Waals surface area contributed by atoms with Crippen molar-refractivity contribution in [2.75, 3.05) is 39.8 Å². The monoisotopic (exact) mass is 434 g/mol. The average molecular weight is 435 g/mol. The topological polar surface area (TPSA) is 44.4 Å². The van der Waals surface area contributed by atoms with E-state index < -0.39 is 0 Å². The van der Waals surface area contributed by atoms with Gasteiger partial charge in [-0.25, -0.2) is 4.98 Å². The van der Waals surface area contributed by atoms with Gasteiger partial charge in [0.1, 0.15) is 11.6 Å². The van der Waals surface area contributed by atoms with Crippen LogP contribution in [0.2, 0.25) is 0 Å². The first-order valence-electron chi connectivity index (χ1n) is 11.9. The summed E-state index contributed by atoms with van der Waals surface area (Å²) < 4.78 is 6.07. The highest BCUT2D eigenvalue weighted by atomic mass is 16.5. The summed E-state index contributed by atoms with van der Waals surface area (Å²) in [5, 5.41) is 0. The van der Waals surface area contributed by atoms with Crippen molar-refractivity contribution < 1.29 is 4.74 Å². The Morgan fingerprint density at radius 1 is 1.12 bits per heavy atom. The maximum Gasteiger partial charge on any atom is 0.138 e. The van der Waals surface area contributed by atoms with E-state index in [0.717, 1.165) is 67.4 Å². The molecule has 4 rings (SSSR count). The molecule has 2 heterocycles. The Morgan fingerprint density at radius 3 is 2.66 bits per heavy atom. The highest BCUT2D eigenvalue weighted by Crippen LogP contribution is 2.29. The highest BCUT2D eigenvalue weighted by Gasteiger charge is 2.20. The van der Waals surface area contributed by atoms with Crippen LogP contribution < -0.4 is 4.74 Å². The van der Waals surface area contributed by atoms with Crippen LogP contribution in [0.3, 0.4) is 0 Å². The summed E-state index contributed by atoms with van der Waals surface area (Å²) in [6, 6.07) is 13.5. The zero-order valence-corrected chi connectivity index (χ0v) is 20.5. The lowest BCUT2D eigenvalue weighted by Gasteiger charge is -2.38. The summed E-state index contributed by atoms with van der Waals surface area (Å²) in [6.07, 6.45) is 1.05. The van der Waals surface area contributed by atoms with Crippen LogP contribution in [0.4, 0.5) is 0 Å². The number of piperazine rings is 1. The lowest BCUT2D eigenvalue weighted by atomic mass is 9.87. The second kappa shape index (κ2) is 9.24. The molecule has 172 valence electrons. The summed E-state index contributed by atoms with van der Waals surface area (Å²) in [7, 11) is 2.21. The van der Waals surface area contributed by atoms with Crippen LogP contribution in [-0.4, -0.2) is 65.6 Å². The number of likely N-dealkylation sites (N-methyl/N-ethyl adjacent to an activating group) is 1. The van der Waals surface area contributed by atoms with E-state index in [-0.39, 0.29) is 5.41 Å². The van der Waals surface area contributed by atoms with Gasteiger partial charge in [0.2, 0.25) is 0 Å². The first kappa shape index (κ1) is 22.8. The van der Waals surface area contributed by atoms with Gasteiger partial charge in [0, 0.05) is 37.8 Å². The predicted octanol–water partition coefficient (Wildman–Crippen LogP) is 5.24. The largest absolute Gasteiger partial charge is 0.494 e. The lowest BCUT2D eigenvalue weighted by molar-refractivity contribution is 0.0945. The number of imidazole rings is 1. The van der Waals surface area contributed by atoms with Crippen molar-refractivity contribution in [3.8, 4) is 17.1 Å². The zero-order valence-electron chi connectivity index (χ0n) is 20.5. The molecule has 1 aliphatic heterocycles. The summed E-state index contributed by atoms with van der Waals surface area (Å²) in [4.78, 5) is 13.3. The molecule has 1 atom stereocenters. The van der Waals surface area contributed by atoms with E-state index in [1.165, 1.54) is 11.1 Å². The number of aryl methyl sites for hydroxylation is 1. The number of benzene rings is 2. The van der Waals surface area contributed by atoms with Gasteiger partial charge < -0.3 is 14.6 Å². The normalized spacial score (nSPS) is 18.4. The predicted molar refractivity (Wildman–Crippen MR) is 134 cm³/mol. The molecule has 1 unspecified atom stereocenters. The van der Waals surface area contributed by atoms with Gasteiger partial charge >= 0.3 is 0 Å². The van der Waals surface area contributed by atoms with Gasteiger partial charge in [-0.15, -0.1) is 0 Å². The Labute approximate surface area is 192 Å². The second-order valence-electron chi connectivity index (χ2n) is 10.4. The van der Waals surface area contributed by atoms with Crippen LogP contribution in [0.15, 0.2) is 36.4 Å². The van der Waals surface area contributed by atoms with E-state index in [4.69, 9.17) is 9.72 Å². The van der Waals surface area contributed by atoms with E-state index in [1.807, 2.05) is 0 Å². The van der Waals surface area contributed by atoms with E-state index in [1.54, 1.807) is 0 Å². The average Bonchev–Trinajstić information content (AvgIpc) is 3.15. The smallest absolute Gasteiger partial charge is 0.138 e. The molecule has 0 amide bonds. The molecule has 5 heteroatoms. The van der Waals surface area contributed by atoms with Crippen molar-refractivity contribution in [1.29, 1.82) is 0 Å². The fourth-order valence-electron chi connectivity index (χ4n) is 4.56. The molecule has 2 aromatic carbocycles. The molecule has 0 aliphatic carbocycles. The summed E-state index contributed by atoms with van der Waals surface area (Å²) in [5.74, 6) is 1.85. The van der Waals surface area contributed by atoms with Crippen molar-refractivity contribution in [2.24, 2.45) is 0 Å². The fourth-order valence-corrected chi connectivity index (χ4v) is 4.56. The van der Waals surface area contributed by atoms with Crippen molar-refractivity contribution in [3.05, 3.63) is 47.5 Å². The maximum absolute atomic E-state index is 6.07. The Morgan fingerprint density at radius 2 is 1.94 bits per heavy atom. The standard InChI is InChI=1S/C27H38N4O/c1-19-16-22(32-15-7-12-31-14-13-30(6)18-20(31)2)9-10-23(19)26-28-24-11-8-21(27(3,4)5)17-25(24)29-26/h8-11,16-17,20H,7,12-15,18H2,1-6H3,(H,28,29). The molecule has 0 radical (unpaired) electrons. The first-order chi connectivity index (χ1) is 15.2. The molecule has 0 saturated carbocycles. The number of H-pyrrole nitrogens is 1. The minimum absolute atomic E-state index is 0.122. The summed E-state index contributed by atoms with van der Waals surface area (Å²) >= 11 is 0. The molecule has 32 heavy (non-hydrogen) atoms. The van der Waals surface area contributed by atoms with Gasteiger partial charge in [0.15, 0.2) is 0 Å².